The van der Waals surface area contributed by atoms with Gasteiger partial charge in [0.25, 0.3) is 0 Å². The molecule has 108 valence electrons. The highest BCUT2D eigenvalue weighted by molar-refractivity contribution is 6.07. The van der Waals surface area contributed by atoms with Crippen LogP contribution in [0.15, 0.2) is 36.1 Å². The maximum Gasteiger partial charge on any atom is 0.189 e. The smallest absolute Gasteiger partial charge is 0.189 e. The Bertz CT molecular complexity index is 536. The molecule has 4 heteroatoms. The van der Waals surface area contributed by atoms with E-state index in [1.807, 2.05) is 18.2 Å². The van der Waals surface area contributed by atoms with Crippen LogP contribution in [0.4, 0.5) is 0 Å². The Balaban J connectivity index is 2.52. The Morgan fingerprint density at radius 3 is 2.70 bits per heavy atom. The summed E-state index contributed by atoms with van der Waals surface area (Å²) in [5, 5.41) is 10.4. The van der Waals surface area contributed by atoms with Crippen LogP contribution in [0.2, 0.25) is 0 Å². The first kappa shape index (κ1) is 14.8. The first-order chi connectivity index (χ1) is 9.51. The summed E-state index contributed by atoms with van der Waals surface area (Å²) < 4.78 is 0. The largest absolute Gasteiger partial charge is 0.510 e. The number of ketones is 1. The maximum atomic E-state index is 12.0. The fraction of sp³-hybridized carbons (Fsp3) is 0.438. The summed E-state index contributed by atoms with van der Waals surface area (Å²) >= 11 is 0. The molecule has 4 nitrogen and oxygen atoms in total. The zero-order valence-corrected chi connectivity index (χ0v) is 12.1. The lowest BCUT2D eigenvalue weighted by atomic mass is 9.76. The van der Waals surface area contributed by atoms with Gasteiger partial charge in [-0.15, -0.1) is 0 Å². The number of carbonyl (C=O) groups is 1. The lowest BCUT2D eigenvalue weighted by Gasteiger charge is -2.37. The van der Waals surface area contributed by atoms with Gasteiger partial charge in [-0.2, -0.15) is 5.48 Å². The van der Waals surface area contributed by atoms with Crippen molar-refractivity contribution in [2.45, 2.75) is 32.2 Å². The Hall–Kier alpha value is -1.65. The summed E-state index contributed by atoms with van der Waals surface area (Å²) in [6.45, 7) is 4.25. The number of aliphatic hydroxyl groups excluding tert-OH is 1. The highest BCUT2D eigenvalue weighted by Gasteiger charge is 2.42. The summed E-state index contributed by atoms with van der Waals surface area (Å²) in [7, 11) is 1.52. The Morgan fingerprint density at radius 1 is 1.35 bits per heavy atom. The molecule has 0 bridgehead atoms. The van der Waals surface area contributed by atoms with Crippen LogP contribution < -0.4 is 5.48 Å². The van der Waals surface area contributed by atoms with Gasteiger partial charge >= 0.3 is 0 Å². The molecule has 2 N–H and O–H groups in total. The highest BCUT2D eigenvalue weighted by atomic mass is 16.6. The lowest BCUT2D eigenvalue weighted by molar-refractivity contribution is 0.000678. The van der Waals surface area contributed by atoms with E-state index in [0.717, 1.165) is 12.0 Å². The van der Waals surface area contributed by atoms with Crippen molar-refractivity contribution in [1.82, 2.24) is 5.48 Å². The van der Waals surface area contributed by atoms with E-state index in [9.17, 15) is 9.90 Å². The molecule has 2 rings (SSSR count). The van der Waals surface area contributed by atoms with Crippen molar-refractivity contribution >= 4 is 5.78 Å². The zero-order valence-electron chi connectivity index (χ0n) is 12.1. The Morgan fingerprint density at radius 2 is 2.05 bits per heavy atom. The number of carbonyl (C=O) groups excluding carboxylic acids is 1. The molecule has 20 heavy (non-hydrogen) atoms. The van der Waals surface area contributed by atoms with E-state index >= 15 is 0 Å². The van der Waals surface area contributed by atoms with Crippen molar-refractivity contribution in [3.05, 3.63) is 47.2 Å². The minimum Gasteiger partial charge on any atom is -0.510 e. The molecule has 1 aliphatic rings. The van der Waals surface area contributed by atoms with Gasteiger partial charge in [-0.3, -0.25) is 4.79 Å². The van der Waals surface area contributed by atoms with E-state index in [2.05, 4.69) is 19.3 Å². The number of aliphatic hydroxyl groups is 1. The van der Waals surface area contributed by atoms with Crippen LogP contribution in [0.1, 0.15) is 42.6 Å². The molecule has 0 spiro atoms. The number of benzene rings is 1. The van der Waals surface area contributed by atoms with Crippen LogP contribution >= 0.6 is 0 Å². The zero-order chi connectivity index (χ0) is 14.8. The third kappa shape index (κ3) is 2.49. The average molecular weight is 275 g/mol. The number of hydroxylamine groups is 1. The van der Waals surface area contributed by atoms with Crippen LogP contribution in [0, 0.1) is 5.92 Å². The molecule has 0 saturated carbocycles. The van der Waals surface area contributed by atoms with Crippen molar-refractivity contribution in [3.63, 3.8) is 0 Å². The Kier molecular flexibility index (Phi) is 4.26. The van der Waals surface area contributed by atoms with Crippen LogP contribution in [0.25, 0.3) is 0 Å². The van der Waals surface area contributed by atoms with E-state index in [-0.39, 0.29) is 11.5 Å². The number of allylic oxidation sites excluding steroid dienone is 1. The van der Waals surface area contributed by atoms with Gasteiger partial charge in [-0.05, 0) is 24.3 Å². The highest BCUT2D eigenvalue weighted by Crippen LogP contribution is 2.39. The second-order valence-corrected chi connectivity index (χ2v) is 5.58. The summed E-state index contributed by atoms with van der Waals surface area (Å²) in [6, 6.07) is 7.34. The molecular formula is C16H21NO3. The van der Waals surface area contributed by atoms with Crippen molar-refractivity contribution in [2.75, 3.05) is 7.11 Å². The van der Waals surface area contributed by atoms with Gasteiger partial charge in [-0.1, -0.05) is 38.1 Å². The minimum atomic E-state index is -0.844. The van der Waals surface area contributed by atoms with Crippen LogP contribution in [0.5, 0.6) is 0 Å². The third-order valence-corrected chi connectivity index (χ3v) is 3.73. The Labute approximate surface area is 119 Å². The fourth-order valence-electron chi connectivity index (χ4n) is 2.63. The van der Waals surface area contributed by atoms with Gasteiger partial charge in [0.05, 0.1) is 7.11 Å². The van der Waals surface area contributed by atoms with E-state index < -0.39 is 5.54 Å². The summed E-state index contributed by atoms with van der Waals surface area (Å²) in [5.41, 5.74) is 3.45. The molecule has 1 unspecified atom stereocenters. The molecule has 0 heterocycles. The predicted octanol–water partition coefficient (Wildman–Crippen LogP) is 3.11. The standard InChI is InChI=1S/C16H21NO3/c1-11(2)8-9-16(17-20-3)13-7-5-4-6-12(13)14(18)10-15(16)19/h4-7,10-11,17,19H,8-9H2,1-3H3. The first-order valence-corrected chi connectivity index (χ1v) is 6.86. The minimum absolute atomic E-state index is 0.0173. The molecule has 0 fully saturated rings. The normalized spacial score (nSPS) is 21.8. The van der Waals surface area contributed by atoms with E-state index in [0.29, 0.717) is 17.9 Å². The number of nitrogens with one attached hydrogen (secondary N) is 1. The van der Waals surface area contributed by atoms with Gasteiger partial charge in [-0.25, -0.2) is 0 Å². The molecule has 1 atom stereocenters. The number of hydrogen-bond acceptors (Lipinski definition) is 4. The maximum absolute atomic E-state index is 12.0. The van der Waals surface area contributed by atoms with Gasteiger partial charge in [0.1, 0.15) is 11.3 Å². The molecule has 1 aliphatic carbocycles. The molecule has 0 aromatic heterocycles. The average Bonchev–Trinajstić information content (AvgIpc) is 2.42. The molecule has 0 radical (unpaired) electrons. The third-order valence-electron chi connectivity index (χ3n) is 3.73. The van der Waals surface area contributed by atoms with Crippen molar-refractivity contribution in [3.8, 4) is 0 Å². The van der Waals surface area contributed by atoms with E-state index in [1.54, 1.807) is 6.07 Å². The molecule has 0 saturated heterocycles. The predicted molar refractivity (Wildman–Crippen MR) is 77.4 cm³/mol. The summed E-state index contributed by atoms with van der Waals surface area (Å²) in [5.74, 6) is 0.336. The van der Waals surface area contributed by atoms with Crippen LogP contribution in [0.3, 0.4) is 0 Å². The summed E-state index contributed by atoms with van der Waals surface area (Å²) in [4.78, 5) is 17.1. The first-order valence-electron chi connectivity index (χ1n) is 6.86. The quantitative estimate of drug-likeness (QED) is 0.811. The topological polar surface area (TPSA) is 58.6 Å². The van der Waals surface area contributed by atoms with Crippen LogP contribution in [-0.2, 0) is 10.4 Å². The number of hydrogen-bond donors (Lipinski definition) is 2. The van der Waals surface area contributed by atoms with E-state index in [4.69, 9.17) is 4.84 Å². The van der Waals surface area contributed by atoms with Crippen LogP contribution in [-0.4, -0.2) is 18.0 Å². The summed E-state index contributed by atoms with van der Waals surface area (Å²) in [6.07, 6.45) is 2.84. The van der Waals surface area contributed by atoms with Gasteiger partial charge < -0.3 is 9.94 Å². The number of rotatable bonds is 5. The number of fused-ring (bicyclic) bond motifs is 1. The second kappa shape index (κ2) is 5.77. The fourth-order valence-corrected chi connectivity index (χ4v) is 2.63. The van der Waals surface area contributed by atoms with Gasteiger partial charge in [0.15, 0.2) is 5.78 Å². The SMILES string of the molecule is CONC1(CCC(C)C)C(O)=CC(=O)c2ccccc21. The van der Waals surface area contributed by atoms with Gasteiger partial charge in [0.2, 0.25) is 0 Å². The molecule has 1 aromatic carbocycles. The van der Waals surface area contributed by atoms with Crippen molar-refractivity contribution in [2.24, 2.45) is 5.92 Å². The second-order valence-electron chi connectivity index (χ2n) is 5.58. The van der Waals surface area contributed by atoms with Crippen molar-refractivity contribution < 1.29 is 14.7 Å². The van der Waals surface area contributed by atoms with E-state index in [1.165, 1.54) is 13.2 Å². The monoisotopic (exact) mass is 275 g/mol. The molecular weight excluding hydrogens is 254 g/mol. The molecule has 0 aliphatic heterocycles. The molecule has 1 aromatic rings. The lowest BCUT2D eigenvalue weighted by Crippen LogP contribution is -2.46. The molecule has 0 amide bonds. The van der Waals surface area contributed by atoms with Crippen molar-refractivity contribution in [1.29, 1.82) is 0 Å². The van der Waals surface area contributed by atoms with Gasteiger partial charge in [0, 0.05) is 11.6 Å².